The molecule has 0 aliphatic carbocycles. The Bertz CT molecular complexity index is 1210. The topological polar surface area (TPSA) is 143 Å². The number of methoxy groups -OCH3 is 2. The number of carbonyl (C=O) groups is 2. The molecule has 3 amide bonds. The molecule has 0 unspecified atom stereocenters. The molecule has 3 aromatic rings. The van der Waals surface area contributed by atoms with Gasteiger partial charge in [-0.05, 0) is 19.9 Å². The maximum atomic E-state index is 12.6. The number of nitrogens with zero attached hydrogens (tertiary/aromatic N) is 5. The lowest BCUT2D eigenvalue weighted by Crippen LogP contribution is -2.31. The summed E-state index contributed by atoms with van der Waals surface area (Å²) >= 11 is 1.39. The molecule has 0 bridgehead atoms. The van der Waals surface area contributed by atoms with Crippen LogP contribution >= 0.6 is 11.3 Å². The molecule has 12 nitrogen and oxygen atoms in total. The molecule has 1 aliphatic heterocycles. The number of hydrogen-bond acceptors (Lipinski definition) is 10. The Morgan fingerprint density at radius 3 is 2.71 bits per heavy atom. The van der Waals surface area contributed by atoms with E-state index in [9.17, 15) is 9.59 Å². The Kier molecular flexibility index (Phi) is 7.25. The van der Waals surface area contributed by atoms with Gasteiger partial charge in [0.1, 0.15) is 5.82 Å². The van der Waals surface area contributed by atoms with E-state index in [1.165, 1.54) is 38.0 Å². The fourth-order valence-electron chi connectivity index (χ4n) is 3.48. The fourth-order valence-corrected chi connectivity index (χ4v) is 4.50. The smallest absolute Gasteiger partial charge is 0.325 e. The fraction of sp³-hybridized carbons (Fsp3) is 0.364. The minimum Gasteiger partial charge on any atom is -0.481 e. The maximum Gasteiger partial charge on any atom is 0.325 e. The molecule has 13 heteroatoms. The van der Waals surface area contributed by atoms with Crippen molar-refractivity contribution in [1.82, 2.24) is 25.3 Å². The van der Waals surface area contributed by atoms with Crippen LogP contribution in [0.2, 0.25) is 0 Å². The second-order valence-corrected chi connectivity index (χ2v) is 9.03. The molecular weight excluding hydrogens is 472 g/mol. The van der Waals surface area contributed by atoms with Gasteiger partial charge >= 0.3 is 12.0 Å². The van der Waals surface area contributed by atoms with Crippen LogP contribution in [0.15, 0.2) is 24.5 Å². The summed E-state index contributed by atoms with van der Waals surface area (Å²) in [5.74, 6) is 0.807. The minimum absolute atomic E-state index is 0.0388. The predicted molar refractivity (Wildman–Crippen MR) is 131 cm³/mol. The second-order valence-electron chi connectivity index (χ2n) is 7.94. The normalized spacial score (nSPS) is 12.7. The van der Waals surface area contributed by atoms with E-state index in [-0.39, 0.29) is 18.0 Å². The SMILES string of the molecule is COc1cc(N2CCc3nc(NC(=O)Nc4cnccc4C(=O)NC(C)C)sc3C2)nc(OC)n1. The first-order valence-electron chi connectivity index (χ1n) is 10.9. The maximum absolute atomic E-state index is 12.6. The van der Waals surface area contributed by atoms with Gasteiger partial charge in [-0.15, -0.1) is 0 Å². The van der Waals surface area contributed by atoms with Crippen LogP contribution in [0.5, 0.6) is 11.9 Å². The predicted octanol–water partition coefficient (Wildman–Crippen LogP) is 2.69. The molecule has 35 heavy (non-hydrogen) atoms. The second kappa shape index (κ2) is 10.5. The van der Waals surface area contributed by atoms with Crippen LogP contribution < -0.4 is 30.3 Å². The van der Waals surface area contributed by atoms with Crippen molar-refractivity contribution in [3.8, 4) is 11.9 Å². The van der Waals surface area contributed by atoms with Gasteiger partial charge in [0.2, 0.25) is 5.88 Å². The van der Waals surface area contributed by atoms with Crippen molar-refractivity contribution in [2.45, 2.75) is 32.9 Å². The Morgan fingerprint density at radius 2 is 1.97 bits per heavy atom. The van der Waals surface area contributed by atoms with Crippen molar-refractivity contribution >= 4 is 39.9 Å². The minimum atomic E-state index is -0.509. The molecule has 0 spiro atoms. The highest BCUT2D eigenvalue weighted by Gasteiger charge is 2.24. The number of thiazole rings is 1. The monoisotopic (exact) mass is 498 g/mol. The number of fused-ring (bicyclic) bond motifs is 1. The average molecular weight is 499 g/mol. The van der Waals surface area contributed by atoms with E-state index in [1.54, 1.807) is 12.1 Å². The van der Waals surface area contributed by atoms with Crippen LogP contribution in [-0.4, -0.2) is 58.7 Å². The zero-order chi connectivity index (χ0) is 24.9. The summed E-state index contributed by atoms with van der Waals surface area (Å²) in [4.78, 5) is 45.3. The molecule has 4 heterocycles. The van der Waals surface area contributed by atoms with E-state index < -0.39 is 6.03 Å². The molecule has 0 aromatic carbocycles. The molecule has 3 aromatic heterocycles. The first kappa shape index (κ1) is 24.1. The van der Waals surface area contributed by atoms with Crippen molar-refractivity contribution in [2.75, 3.05) is 36.3 Å². The molecule has 4 rings (SSSR count). The number of aromatic nitrogens is 4. The summed E-state index contributed by atoms with van der Waals surface area (Å²) in [5.41, 5.74) is 1.56. The summed E-state index contributed by atoms with van der Waals surface area (Å²) in [6.45, 7) is 4.99. The lowest BCUT2D eigenvalue weighted by molar-refractivity contribution is 0.0944. The van der Waals surface area contributed by atoms with E-state index in [0.717, 1.165) is 10.6 Å². The van der Waals surface area contributed by atoms with Crippen molar-refractivity contribution in [3.05, 3.63) is 40.7 Å². The van der Waals surface area contributed by atoms with Gasteiger partial charge in [0.25, 0.3) is 5.91 Å². The van der Waals surface area contributed by atoms with Gasteiger partial charge in [0, 0.05) is 36.1 Å². The molecular formula is C22H26N8O4S. The van der Waals surface area contributed by atoms with Gasteiger partial charge in [-0.2, -0.15) is 9.97 Å². The number of nitrogens with one attached hydrogen (secondary N) is 3. The highest BCUT2D eigenvalue weighted by Crippen LogP contribution is 2.31. The molecule has 1 aliphatic rings. The third-order valence-electron chi connectivity index (χ3n) is 5.07. The lowest BCUT2D eigenvalue weighted by atomic mass is 10.2. The van der Waals surface area contributed by atoms with Crippen LogP contribution in [0, 0.1) is 0 Å². The van der Waals surface area contributed by atoms with Gasteiger partial charge in [0.15, 0.2) is 5.13 Å². The Balaban J connectivity index is 1.44. The highest BCUT2D eigenvalue weighted by atomic mass is 32.1. The van der Waals surface area contributed by atoms with E-state index in [2.05, 4.69) is 40.8 Å². The molecule has 184 valence electrons. The van der Waals surface area contributed by atoms with Crippen LogP contribution in [0.25, 0.3) is 0 Å². The van der Waals surface area contributed by atoms with Crippen molar-refractivity contribution in [1.29, 1.82) is 0 Å². The number of carbonyl (C=O) groups excluding carboxylic acids is 2. The van der Waals surface area contributed by atoms with E-state index in [4.69, 9.17) is 9.47 Å². The van der Waals surface area contributed by atoms with Crippen LogP contribution in [-0.2, 0) is 13.0 Å². The number of amides is 3. The molecule has 0 fully saturated rings. The van der Waals surface area contributed by atoms with Gasteiger partial charge < -0.3 is 25.0 Å². The molecule has 0 atom stereocenters. The van der Waals surface area contributed by atoms with E-state index in [0.29, 0.717) is 47.6 Å². The van der Waals surface area contributed by atoms with Gasteiger partial charge in [0.05, 0.1) is 43.9 Å². The summed E-state index contributed by atoms with van der Waals surface area (Å²) in [7, 11) is 3.04. The number of anilines is 3. The number of pyridine rings is 1. The van der Waals surface area contributed by atoms with Gasteiger partial charge in [-0.3, -0.25) is 15.1 Å². The third kappa shape index (κ3) is 5.74. The number of hydrogen-bond donors (Lipinski definition) is 3. The standard InChI is InChI=1S/C22H26N8O4S/c1-12(2)24-19(31)13-5-7-23-10-15(13)25-20(32)29-22-26-14-6-8-30(11-16(14)35-22)17-9-18(33-3)28-21(27-17)34-4/h5,7,9-10,12H,6,8,11H2,1-4H3,(H,24,31)(H2,25,26,29,32). The van der Waals surface area contributed by atoms with Gasteiger partial charge in [-0.25, -0.2) is 9.78 Å². The van der Waals surface area contributed by atoms with Crippen molar-refractivity contribution < 1.29 is 19.1 Å². The summed E-state index contributed by atoms with van der Waals surface area (Å²) in [6, 6.07) is 2.99. The highest BCUT2D eigenvalue weighted by molar-refractivity contribution is 7.15. The first-order valence-corrected chi connectivity index (χ1v) is 11.7. The van der Waals surface area contributed by atoms with Crippen LogP contribution in [0.4, 0.5) is 21.4 Å². The van der Waals surface area contributed by atoms with Crippen molar-refractivity contribution in [2.24, 2.45) is 0 Å². The third-order valence-corrected chi connectivity index (χ3v) is 6.07. The number of rotatable bonds is 7. The van der Waals surface area contributed by atoms with E-state index >= 15 is 0 Å². The summed E-state index contributed by atoms with van der Waals surface area (Å²) in [6.07, 6.45) is 3.62. The largest absolute Gasteiger partial charge is 0.481 e. The van der Waals surface area contributed by atoms with E-state index in [1.807, 2.05) is 13.8 Å². The van der Waals surface area contributed by atoms with Crippen LogP contribution in [0.1, 0.15) is 34.8 Å². The Hall–Kier alpha value is -4.00. The summed E-state index contributed by atoms with van der Waals surface area (Å²) < 4.78 is 10.4. The number of ether oxygens (including phenoxy) is 2. The first-order chi connectivity index (χ1) is 16.9. The Labute approximate surface area is 206 Å². The zero-order valence-electron chi connectivity index (χ0n) is 19.8. The molecule has 3 N–H and O–H groups in total. The Morgan fingerprint density at radius 1 is 1.14 bits per heavy atom. The van der Waals surface area contributed by atoms with Gasteiger partial charge in [-0.1, -0.05) is 11.3 Å². The molecule has 0 saturated heterocycles. The zero-order valence-corrected chi connectivity index (χ0v) is 20.6. The quantitative estimate of drug-likeness (QED) is 0.448. The van der Waals surface area contributed by atoms with Crippen LogP contribution in [0.3, 0.4) is 0 Å². The molecule has 0 saturated carbocycles. The average Bonchev–Trinajstić information content (AvgIpc) is 3.24. The summed E-state index contributed by atoms with van der Waals surface area (Å²) in [5, 5.41) is 8.72. The number of urea groups is 1. The van der Waals surface area contributed by atoms with Crippen molar-refractivity contribution in [3.63, 3.8) is 0 Å². The molecule has 0 radical (unpaired) electrons. The lowest BCUT2D eigenvalue weighted by Gasteiger charge is -2.27.